The van der Waals surface area contributed by atoms with Crippen LogP contribution in [0.1, 0.15) is 25.7 Å². The number of fused-ring (bicyclic) bond motifs is 1. The first-order chi connectivity index (χ1) is 15.7. The number of nitrogens with zero attached hydrogens (tertiary/aromatic N) is 1. The van der Waals surface area contributed by atoms with Crippen LogP contribution in [0.3, 0.4) is 0 Å². The summed E-state index contributed by atoms with van der Waals surface area (Å²) in [6, 6.07) is 3.43. The predicted molar refractivity (Wildman–Crippen MR) is 112 cm³/mol. The summed E-state index contributed by atoms with van der Waals surface area (Å²) in [7, 11) is -4.75. The summed E-state index contributed by atoms with van der Waals surface area (Å²) in [4.78, 5) is 13.8. The fraction of sp³-hybridized carbons (Fsp3) is 0.444. The van der Waals surface area contributed by atoms with Gasteiger partial charge in [-0.25, -0.2) is 8.96 Å². The number of alkyl halides is 1. The molecule has 0 saturated carbocycles. The van der Waals surface area contributed by atoms with Gasteiger partial charge in [-0.05, 0) is 31.6 Å². The molecule has 0 aliphatic carbocycles. The molecule has 1 unspecified atom stereocenters. The lowest BCUT2D eigenvalue weighted by Gasteiger charge is -2.29. The number of phosphoric acid groups is 1. The zero-order valence-corrected chi connectivity index (χ0v) is 19.0. The van der Waals surface area contributed by atoms with Crippen LogP contribution in [0.2, 0.25) is 5.02 Å². The first kappa shape index (κ1) is 20.9. The number of aliphatic hydroxyl groups is 2. The molecule has 1 saturated heterocycles. The molecule has 3 heterocycles. The van der Waals surface area contributed by atoms with Crippen LogP contribution in [0, 0.1) is 18.6 Å². The van der Waals surface area contributed by atoms with Crippen molar-refractivity contribution in [2.45, 2.75) is 44.7 Å². The number of nitrogens with one attached hydrogen (secondary N) is 1. The van der Waals surface area contributed by atoms with E-state index in [9.17, 15) is 19.6 Å². The Labute approximate surface area is 193 Å². The quantitative estimate of drug-likeness (QED) is 0.419. The van der Waals surface area contributed by atoms with Gasteiger partial charge in [0, 0.05) is 11.8 Å². The average molecular weight is 511 g/mol. The molecule has 10 nitrogen and oxygen atoms in total. The number of benzene rings is 1. The van der Waals surface area contributed by atoms with E-state index < -0.39 is 49.3 Å². The second-order valence-electron chi connectivity index (χ2n) is 7.31. The summed E-state index contributed by atoms with van der Waals surface area (Å²) in [6.45, 7) is -0.450. The first-order valence-electron chi connectivity index (χ1n) is 10.2. The lowest BCUT2D eigenvalue weighted by atomic mass is 10.1. The van der Waals surface area contributed by atoms with Crippen molar-refractivity contribution in [3.05, 3.63) is 55.2 Å². The summed E-state index contributed by atoms with van der Waals surface area (Å²) in [5.41, 5.74) is 1.20. The van der Waals surface area contributed by atoms with Crippen molar-refractivity contribution in [3.8, 4) is 5.75 Å². The van der Waals surface area contributed by atoms with Gasteiger partial charge in [-0.2, -0.15) is 0 Å². The van der Waals surface area contributed by atoms with E-state index in [4.69, 9.17) is 44.9 Å². The van der Waals surface area contributed by atoms with E-state index in [0.29, 0.717) is 11.1 Å². The highest BCUT2D eigenvalue weighted by molar-refractivity contribution is 7.71. The van der Waals surface area contributed by atoms with Crippen molar-refractivity contribution in [1.29, 1.82) is 0 Å². The molecular formula is C18H19ClFN2O8PS. The maximum Gasteiger partial charge on any atom is 0.530 e. The fourth-order valence-electron chi connectivity index (χ4n) is 3.38. The number of aryl methyl sites for hydroxylation is 2. The van der Waals surface area contributed by atoms with E-state index in [1.807, 2.05) is 6.92 Å². The molecule has 0 spiro atoms. The molecular weight excluding hydrogens is 490 g/mol. The smallest absolute Gasteiger partial charge is 0.403 e. The molecule has 2 aromatic rings. The van der Waals surface area contributed by atoms with Gasteiger partial charge in [0.2, 0.25) is 0 Å². The summed E-state index contributed by atoms with van der Waals surface area (Å²) < 4.78 is 65.7. The summed E-state index contributed by atoms with van der Waals surface area (Å²) in [5, 5.41) is 20.3. The van der Waals surface area contributed by atoms with Gasteiger partial charge in [-0.3, -0.25) is 23.4 Å². The minimum atomic E-state index is -4.75. The van der Waals surface area contributed by atoms with Gasteiger partial charge < -0.3 is 19.5 Å². The number of hydrogen-bond acceptors (Lipinski definition) is 9. The molecule has 4 rings (SSSR count). The van der Waals surface area contributed by atoms with Crippen molar-refractivity contribution in [2.24, 2.45) is 0 Å². The van der Waals surface area contributed by atoms with E-state index in [-0.39, 0.29) is 17.1 Å². The standard InChI is InChI=1S/C18H19ClFN2O8PS/c1-8-3-9(2)13-10(4-8)6-27-31(26,30-13)28-7-18(20)14(24)12(23)16(29-18)22-5-11(19)15(25)21-17(22)32/h3-5,12,14,16,23-24H,6-7H2,1-2H3,(H,21,25,32)/t12-,14+,16-,18-,31?/m1/s1/i7D2. The molecule has 0 bridgehead atoms. The highest BCUT2D eigenvalue weighted by Crippen LogP contribution is 2.56. The monoisotopic (exact) mass is 510 g/mol. The second-order valence-corrected chi connectivity index (χ2v) is 9.62. The largest absolute Gasteiger partial charge is 0.530 e. The zero-order chi connectivity index (χ0) is 25.2. The van der Waals surface area contributed by atoms with E-state index in [1.54, 1.807) is 19.1 Å². The third-order valence-electron chi connectivity index (χ3n) is 4.86. The highest BCUT2D eigenvalue weighted by Gasteiger charge is 2.57. The summed E-state index contributed by atoms with van der Waals surface area (Å²) >= 11 is 10.7. The lowest BCUT2D eigenvalue weighted by molar-refractivity contribution is -0.205. The predicted octanol–water partition coefficient (Wildman–Crippen LogP) is 2.83. The molecule has 0 radical (unpaired) electrons. The Bertz CT molecular complexity index is 1330. The molecule has 3 N–H and O–H groups in total. The number of hydrogen-bond donors (Lipinski definition) is 3. The Kier molecular flexibility index (Phi) is 5.43. The number of aliphatic hydroxyl groups excluding tert-OH is 2. The van der Waals surface area contributed by atoms with Crippen LogP contribution in [0.5, 0.6) is 5.75 Å². The van der Waals surface area contributed by atoms with Gasteiger partial charge in [0.25, 0.3) is 11.4 Å². The van der Waals surface area contributed by atoms with E-state index in [2.05, 4.69) is 4.98 Å². The Morgan fingerprint density at radius 1 is 1.50 bits per heavy atom. The number of H-pyrrole nitrogens is 1. The molecule has 0 amide bonds. The van der Waals surface area contributed by atoms with Crippen LogP contribution in [0.15, 0.2) is 23.1 Å². The van der Waals surface area contributed by atoms with Crippen molar-refractivity contribution in [1.82, 2.24) is 9.55 Å². The maximum atomic E-state index is 15.8. The number of aromatic amines is 1. The summed E-state index contributed by atoms with van der Waals surface area (Å²) in [5.74, 6) is -3.65. The van der Waals surface area contributed by atoms with E-state index in [0.717, 1.165) is 16.3 Å². The number of aromatic nitrogens is 2. The van der Waals surface area contributed by atoms with Crippen molar-refractivity contribution < 1.29 is 40.2 Å². The molecule has 14 heteroatoms. The minimum Gasteiger partial charge on any atom is -0.403 e. The van der Waals surface area contributed by atoms with E-state index in [1.165, 1.54) is 0 Å². The molecule has 32 heavy (non-hydrogen) atoms. The number of halogens is 2. The molecule has 5 atom stereocenters. The first-order valence-corrected chi connectivity index (χ1v) is 11.4. The van der Waals surface area contributed by atoms with Gasteiger partial charge in [-0.15, -0.1) is 0 Å². The lowest BCUT2D eigenvalue weighted by Crippen LogP contribution is -2.43. The minimum absolute atomic E-state index is 0.129. The van der Waals surface area contributed by atoms with Crippen LogP contribution in [-0.2, 0) is 25.0 Å². The average Bonchev–Trinajstić information content (AvgIpc) is 2.96. The van der Waals surface area contributed by atoms with Gasteiger partial charge in [0.1, 0.15) is 29.5 Å². The Morgan fingerprint density at radius 3 is 2.94 bits per heavy atom. The number of phosphoric ester groups is 1. The van der Waals surface area contributed by atoms with Gasteiger partial charge in [0.05, 0.1) is 9.35 Å². The summed E-state index contributed by atoms with van der Waals surface area (Å²) in [6.07, 6.45) is -5.56. The maximum absolute atomic E-state index is 15.8. The molecule has 1 aromatic heterocycles. The van der Waals surface area contributed by atoms with E-state index >= 15 is 4.39 Å². The third kappa shape index (κ3) is 4.17. The zero-order valence-electron chi connectivity index (χ0n) is 18.6. The number of ether oxygens (including phenoxy) is 1. The molecule has 174 valence electrons. The normalized spacial score (nSPS) is 33.2. The van der Waals surface area contributed by atoms with Crippen LogP contribution in [0.4, 0.5) is 4.39 Å². The molecule has 1 aromatic carbocycles. The SMILES string of the molecule is [2H]C([2H])(OP1(=O)OCc2cc(C)cc(C)c2O1)[C@@]1(F)O[C@@H](n2cc(Cl)c(=O)[nH]c2=S)[C@H](O)[C@@H]1O. The highest BCUT2D eigenvalue weighted by atomic mass is 35.5. The van der Waals surface area contributed by atoms with Crippen LogP contribution in [0.25, 0.3) is 0 Å². The van der Waals surface area contributed by atoms with Crippen LogP contribution < -0.4 is 10.1 Å². The van der Waals surface area contributed by atoms with Crippen molar-refractivity contribution in [3.63, 3.8) is 0 Å². The van der Waals surface area contributed by atoms with Gasteiger partial charge >= 0.3 is 7.82 Å². The van der Waals surface area contributed by atoms with Crippen LogP contribution in [-0.4, -0.2) is 44.4 Å². The topological polar surface area (TPSA) is 132 Å². The Balaban J connectivity index is 1.64. The van der Waals surface area contributed by atoms with Crippen molar-refractivity contribution >= 4 is 31.6 Å². The fourth-order valence-corrected chi connectivity index (χ4v) is 4.94. The van der Waals surface area contributed by atoms with Gasteiger partial charge in [0.15, 0.2) is 11.0 Å². The molecule has 1 fully saturated rings. The Hall–Kier alpha value is -1.63. The second kappa shape index (κ2) is 8.30. The van der Waals surface area contributed by atoms with Crippen molar-refractivity contribution in [2.75, 3.05) is 6.56 Å². The van der Waals surface area contributed by atoms with Gasteiger partial charge in [-0.1, -0.05) is 29.3 Å². The van der Waals surface area contributed by atoms with Crippen LogP contribution >= 0.6 is 31.6 Å². The third-order valence-corrected chi connectivity index (χ3v) is 6.61. The molecule has 2 aliphatic heterocycles. The number of rotatable bonds is 4. The Morgan fingerprint density at radius 2 is 2.22 bits per heavy atom. The molecule has 2 aliphatic rings.